The van der Waals surface area contributed by atoms with Crippen LogP contribution in [0, 0.1) is 0 Å². The van der Waals surface area contributed by atoms with Gasteiger partial charge < -0.3 is 49.5 Å². The van der Waals surface area contributed by atoms with Crippen LogP contribution in [0.25, 0.3) is 0 Å². The number of carboxylic acid groups (broad SMARTS) is 2. The van der Waals surface area contributed by atoms with Crippen molar-refractivity contribution in [2.75, 3.05) is 93.2 Å². The minimum Gasteiger partial charge on any atom is -0.478 e. The molecule has 3 heterocycles. The fourth-order valence-corrected chi connectivity index (χ4v) is 6.55. The summed E-state index contributed by atoms with van der Waals surface area (Å²) in [4.78, 5) is 67.0. The number of aromatic carboxylic acids is 2. The van der Waals surface area contributed by atoms with Crippen molar-refractivity contribution < 1.29 is 43.7 Å². The highest BCUT2D eigenvalue weighted by Gasteiger charge is 2.28. The largest absolute Gasteiger partial charge is 0.478 e. The average Bonchev–Trinajstić information content (AvgIpc) is 3.27. The lowest BCUT2D eigenvalue weighted by Crippen LogP contribution is -2.50. The smallest absolute Gasteiger partial charge is 0.410 e. The van der Waals surface area contributed by atoms with Crippen molar-refractivity contribution in [2.45, 2.75) is 80.4 Å². The molecule has 342 valence electrons. The molecule has 3 aliphatic heterocycles. The summed E-state index contributed by atoms with van der Waals surface area (Å²) in [6.07, 6.45) is 0.278. The molecule has 0 saturated carbocycles. The number of nitrogens with zero attached hydrogens (tertiary/aromatic N) is 5. The average molecular weight is 863 g/mol. The van der Waals surface area contributed by atoms with Crippen LogP contribution in [0.15, 0.2) is 72.8 Å². The van der Waals surface area contributed by atoms with Gasteiger partial charge in [0.15, 0.2) is 6.29 Å². The minimum atomic E-state index is -0.940. The van der Waals surface area contributed by atoms with Gasteiger partial charge in [0.2, 0.25) is 0 Å². The highest BCUT2D eigenvalue weighted by atomic mass is 16.6. The first-order valence-electron chi connectivity index (χ1n) is 21.6. The van der Waals surface area contributed by atoms with Crippen LogP contribution < -0.4 is 20.0 Å². The van der Waals surface area contributed by atoms with Crippen LogP contribution in [0.4, 0.5) is 26.7 Å². The Kier molecular flexibility index (Phi) is 21.8. The number of carboxylic acids is 2. The molecule has 0 aromatic heterocycles. The van der Waals surface area contributed by atoms with Crippen molar-refractivity contribution in [3.05, 3.63) is 89.5 Å². The summed E-state index contributed by atoms with van der Waals surface area (Å²) in [6, 6.07) is 21.6. The van der Waals surface area contributed by atoms with E-state index < -0.39 is 23.1 Å². The Bertz CT molecular complexity index is 1850. The van der Waals surface area contributed by atoms with E-state index in [1.807, 2.05) is 117 Å². The number of carbonyl (C=O) groups excluding carboxylic acids is 3. The highest BCUT2D eigenvalue weighted by molar-refractivity contribution is 5.95. The van der Waals surface area contributed by atoms with Gasteiger partial charge >= 0.3 is 24.1 Å². The van der Waals surface area contributed by atoms with Crippen LogP contribution in [0.1, 0.15) is 100 Å². The Morgan fingerprint density at radius 3 is 1.19 bits per heavy atom. The second-order valence-corrected chi connectivity index (χ2v) is 16.0. The minimum absolute atomic E-state index is 0.272. The van der Waals surface area contributed by atoms with E-state index in [0.29, 0.717) is 69.2 Å². The Labute approximate surface area is 368 Å². The SMILES string of the molecule is CC.CC.CC(C)(C)OC(=O)N1CCN(c2ccccc2C(=O)O)CC1.CC(C)(C)OC(=O)N1CCN(c2ccccc2C=O)CC1.O=C(O)c1ccccc1N1CCNCC1. The number of carbonyl (C=O) groups is 5. The fourth-order valence-electron chi connectivity index (χ4n) is 6.55. The van der Waals surface area contributed by atoms with Crippen molar-refractivity contribution in [3.8, 4) is 0 Å². The van der Waals surface area contributed by atoms with Gasteiger partial charge in [-0.15, -0.1) is 0 Å². The molecule has 0 radical (unpaired) electrons. The Balaban J connectivity index is 0.000000312. The summed E-state index contributed by atoms with van der Waals surface area (Å²) in [5.41, 5.74) is 2.82. The summed E-state index contributed by atoms with van der Waals surface area (Å²) in [6.45, 7) is 27.5. The van der Waals surface area contributed by atoms with Gasteiger partial charge in [0.1, 0.15) is 11.2 Å². The van der Waals surface area contributed by atoms with Crippen LogP contribution in [-0.4, -0.2) is 140 Å². The van der Waals surface area contributed by atoms with E-state index in [4.69, 9.17) is 14.6 Å². The van der Waals surface area contributed by atoms with Crippen molar-refractivity contribution in [1.29, 1.82) is 0 Å². The van der Waals surface area contributed by atoms with E-state index in [1.54, 1.807) is 40.1 Å². The monoisotopic (exact) mass is 863 g/mol. The van der Waals surface area contributed by atoms with Gasteiger partial charge in [-0.05, 0) is 77.9 Å². The molecule has 3 aromatic carbocycles. The summed E-state index contributed by atoms with van der Waals surface area (Å²) < 4.78 is 10.7. The molecule has 0 atom stereocenters. The third-order valence-electron chi connectivity index (χ3n) is 9.33. The van der Waals surface area contributed by atoms with E-state index in [-0.39, 0.29) is 17.7 Å². The van der Waals surface area contributed by atoms with Crippen LogP contribution in [0.5, 0.6) is 0 Å². The predicted molar refractivity (Wildman–Crippen MR) is 246 cm³/mol. The topological polar surface area (TPSA) is 172 Å². The molecule has 15 heteroatoms. The molecular formula is C47H70N6O9. The molecule has 3 aliphatic rings. The van der Waals surface area contributed by atoms with E-state index >= 15 is 0 Å². The zero-order valence-electron chi connectivity index (χ0n) is 38.5. The molecule has 3 fully saturated rings. The first kappa shape index (κ1) is 52.3. The molecule has 6 rings (SSSR count). The van der Waals surface area contributed by atoms with Gasteiger partial charge in [-0.25, -0.2) is 19.2 Å². The van der Waals surface area contributed by atoms with Crippen LogP contribution >= 0.6 is 0 Å². The van der Waals surface area contributed by atoms with Gasteiger partial charge in [0.05, 0.1) is 22.5 Å². The number of aldehydes is 1. The van der Waals surface area contributed by atoms with Crippen LogP contribution in [0.3, 0.4) is 0 Å². The lowest BCUT2D eigenvalue weighted by atomic mass is 10.1. The molecular weight excluding hydrogens is 793 g/mol. The molecule has 15 nitrogen and oxygen atoms in total. The van der Waals surface area contributed by atoms with Crippen LogP contribution in [-0.2, 0) is 9.47 Å². The van der Waals surface area contributed by atoms with E-state index in [9.17, 15) is 29.1 Å². The lowest BCUT2D eigenvalue weighted by Gasteiger charge is -2.37. The third-order valence-corrected chi connectivity index (χ3v) is 9.33. The lowest BCUT2D eigenvalue weighted by molar-refractivity contribution is 0.0230. The van der Waals surface area contributed by atoms with E-state index in [1.165, 1.54) is 0 Å². The number of amides is 2. The van der Waals surface area contributed by atoms with Crippen LogP contribution in [0.2, 0.25) is 0 Å². The van der Waals surface area contributed by atoms with E-state index in [2.05, 4.69) is 15.1 Å². The molecule has 2 amide bonds. The number of hydrogen-bond acceptors (Lipinski definition) is 11. The van der Waals surface area contributed by atoms with E-state index in [0.717, 1.165) is 43.8 Å². The number of ether oxygens (including phenoxy) is 2. The van der Waals surface area contributed by atoms with Gasteiger partial charge in [0, 0.05) is 89.8 Å². The van der Waals surface area contributed by atoms with Crippen molar-refractivity contribution in [2.24, 2.45) is 0 Å². The molecule has 0 unspecified atom stereocenters. The Hall–Kier alpha value is -5.83. The third kappa shape index (κ3) is 16.9. The number of anilines is 3. The summed E-state index contributed by atoms with van der Waals surface area (Å²) in [7, 11) is 0. The molecule has 62 heavy (non-hydrogen) atoms. The maximum atomic E-state index is 12.0. The Morgan fingerprint density at radius 2 is 0.839 bits per heavy atom. The van der Waals surface area contributed by atoms with Crippen molar-refractivity contribution >= 4 is 47.5 Å². The number of nitrogens with one attached hydrogen (secondary N) is 1. The quantitative estimate of drug-likeness (QED) is 0.205. The number of hydrogen-bond donors (Lipinski definition) is 3. The van der Waals surface area contributed by atoms with Crippen molar-refractivity contribution in [3.63, 3.8) is 0 Å². The summed E-state index contributed by atoms with van der Waals surface area (Å²) >= 11 is 0. The van der Waals surface area contributed by atoms with Gasteiger partial charge in [-0.1, -0.05) is 64.1 Å². The second kappa shape index (κ2) is 25.8. The number of piperazine rings is 3. The standard InChI is InChI=1S/C16H22N2O4.C16H22N2O3.C11H14N2O2.2C2H6/c1-16(2,3)22-15(21)18-10-8-17(9-11-18)13-7-5-4-6-12(13)14(19)20;1-16(2,3)21-15(20)18-10-8-17(9-11-18)14-7-5-4-6-13(14)12-19;14-11(15)9-3-1-2-4-10(9)13-7-5-12-6-8-13;2*1-2/h4-7H,8-11H2,1-3H3,(H,19,20);4-7,12H,8-11H2,1-3H3;1-4,12H,5-8H2,(H,14,15);2*1-2H3. The first-order chi connectivity index (χ1) is 29.5. The number of rotatable bonds is 6. The van der Waals surface area contributed by atoms with Gasteiger partial charge in [0.25, 0.3) is 0 Å². The zero-order valence-corrected chi connectivity index (χ0v) is 38.5. The molecule has 3 aromatic rings. The maximum absolute atomic E-state index is 12.0. The summed E-state index contributed by atoms with van der Waals surface area (Å²) in [5, 5.41) is 21.6. The Morgan fingerprint density at radius 1 is 0.516 bits per heavy atom. The normalized spacial score (nSPS) is 15.0. The van der Waals surface area contributed by atoms with Gasteiger partial charge in [-0.3, -0.25) is 4.79 Å². The van der Waals surface area contributed by atoms with Crippen molar-refractivity contribution in [1.82, 2.24) is 15.1 Å². The fraction of sp³-hybridized carbons (Fsp3) is 0.511. The first-order valence-corrected chi connectivity index (χ1v) is 21.6. The maximum Gasteiger partial charge on any atom is 0.410 e. The zero-order chi connectivity index (χ0) is 46.5. The number of para-hydroxylation sites is 3. The molecule has 0 bridgehead atoms. The number of benzene rings is 3. The predicted octanol–water partition coefficient (Wildman–Crippen LogP) is 7.84. The molecule has 0 aliphatic carbocycles. The summed E-state index contributed by atoms with van der Waals surface area (Å²) in [5.74, 6) is -1.80. The molecule has 0 spiro atoms. The van der Waals surface area contributed by atoms with Gasteiger partial charge in [-0.2, -0.15) is 0 Å². The highest BCUT2D eigenvalue weighted by Crippen LogP contribution is 2.24. The molecule has 3 saturated heterocycles. The molecule has 3 N–H and O–H groups in total. The second-order valence-electron chi connectivity index (χ2n) is 16.0.